The molecule has 20 heavy (non-hydrogen) atoms. The van der Waals surface area contributed by atoms with Crippen LogP contribution in [-0.4, -0.2) is 8.42 Å². The van der Waals surface area contributed by atoms with Crippen molar-refractivity contribution in [2.45, 2.75) is 11.8 Å². The molecule has 0 saturated heterocycles. The van der Waals surface area contributed by atoms with Gasteiger partial charge in [-0.05, 0) is 42.8 Å². The molecule has 0 amide bonds. The molecule has 0 unspecified atom stereocenters. The molecule has 0 aromatic heterocycles. The summed E-state index contributed by atoms with van der Waals surface area (Å²) in [7, 11) is -4.02. The van der Waals surface area contributed by atoms with E-state index in [1.54, 1.807) is 18.2 Å². The molecule has 2 rings (SSSR count). The fourth-order valence-electron chi connectivity index (χ4n) is 1.67. The summed E-state index contributed by atoms with van der Waals surface area (Å²) in [4.78, 5) is -0.430. The second-order valence-electron chi connectivity index (χ2n) is 4.27. The van der Waals surface area contributed by atoms with E-state index in [0.29, 0.717) is 4.47 Å². The Morgan fingerprint density at radius 2 is 1.90 bits per heavy atom. The highest BCUT2D eigenvalue weighted by molar-refractivity contribution is 9.10. The third kappa shape index (κ3) is 3.10. The van der Waals surface area contributed by atoms with Crippen molar-refractivity contribution in [1.82, 2.24) is 0 Å². The number of nitrogens with two attached hydrogens (primary N) is 1. The number of aryl methyl sites for hydroxylation is 1. The maximum Gasteiger partial charge on any atom is 0.264 e. The van der Waals surface area contributed by atoms with Gasteiger partial charge in [0.15, 0.2) is 0 Å². The van der Waals surface area contributed by atoms with Gasteiger partial charge in [0.1, 0.15) is 10.7 Å². The van der Waals surface area contributed by atoms with E-state index in [1.165, 1.54) is 12.1 Å². The van der Waals surface area contributed by atoms with Crippen LogP contribution in [0, 0.1) is 12.7 Å². The van der Waals surface area contributed by atoms with Crippen LogP contribution in [0.15, 0.2) is 45.8 Å². The fraction of sp³-hybridized carbons (Fsp3) is 0.0769. The number of rotatable bonds is 3. The van der Waals surface area contributed by atoms with Crippen LogP contribution in [-0.2, 0) is 10.0 Å². The highest BCUT2D eigenvalue weighted by Gasteiger charge is 2.20. The molecule has 0 spiro atoms. The molecule has 0 aliphatic carbocycles. The average molecular weight is 359 g/mol. The standard InChI is InChI=1S/C13H12BrFN2O2S/c1-8-2-4-12(11(16)6-8)17-20(18,19)13-5-3-9(14)7-10(13)15/h2-7,17H,16H2,1H3. The molecule has 0 radical (unpaired) electrons. The lowest BCUT2D eigenvalue weighted by Gasteiger charge is -2.11. The summed E-state index contributed by atoms with van der Waals surface area (Å²) < 4.78 is 40.8. The van der Waals surface area contributed by atoms with Crippen molar-refractivity contribution in [2.24, 2.45) is 0 Å². The van der Waals surface area contributed by atoms with Crippen LogP contribution < -0.4 is 10.5 Å². The van der Waals surface area contributed by atoms with Gasteiger partial charge in [0.25, 0.3) is 10.0 Å². The van der Waals surface area contributed by atoms with Gasteiger partial charge >= 0.3 is 0 Å². The Kier molecular flexibility index (Phi) is 4.01. The Hall–Kier alpha value is -1.60. The maximum absolute atomic E-state index is 13.7. The number of nitrogen functional groups attached to an aromatic ring is 1. The number of nitrogens with one attached hydrogen (secondary N) is 1. The number of benzene rings is 2. The van der Waals surface area contributed by atoms with E-state index >= 15 is 0 Å². The van der Waals surface area contributed by atoms with Crippen LogP contribution in [0.5, 0.6) is 0 Å². The monoisotopic (exact) mass is 358 g/mol. The van der Waals surface area contributed by atoms with Crippen LogP contribution in [0.2, 0.25) is 0 Å². The highest BCUT2D eigenvalue weighted by atomic mass is 79.9. The molecule has 2 aromatic carbocycles. The SMILES string of the molecule is Cc1ccc(NS(=O)(=O)c2ccc(Br)cc2F)c(N)c1. The molecule has 3 N–H and O–H groups in total. The van der Waals surface area contributed by atoms with Crippen LogP contribution >= 0.6 is 15.9 Å². The topological polar surface area (TPSA) is 72.2 Å². The molecular formula is C13H12BrFN2O2S. The quantitative estimate of drug-likeness (QED) is 0.827. The van der Waals surface area contributed by atoms with E-state index < -0.39 is 20.7 Å². The number of anilines is 2. The van der Waals surface area contributed by atoms with Crippen molar-refractivity contribution in [3.05, 3.63) is 52.3 Å². The normalized spacial score (nSPS) is 11.3. The summed E-state index contributed by atoms with van der Waals surface area (Å²) in [6.45, 7) is 1.84. The second kappa shape index (κ2) is 5.41. The molecule has 0 heterocycles. The van der Waals surface area contributed by atoms with E-state index in [-0.39, 0.29) is 11.4 Å². The molecule has 0 bridgehead atoms. The minimum atomic E-state index is -4.02. The Balaban J connectivity index is 2.41. The highest BCUT2D eigenvalue weighted by Crippen LogP contribution is 2.25. The molecule has 0 aliphatic heterocycles. The molecule has 0 saturated carbocycles. The summed E-state index contributed by atoms with van der Waals surface area (Å²) in [6.07, 6.45) is 0. The third-order valence-electron chi connectivity index (χ3n) is 2.63. The zero-order valence-corrected chi connectivity index (χ0v) is 12.9. The number of hydrogen-bond acceptors (Lipinski definition) is 3. The van der Waals surface area contributed by atoms with E-state index in [9.17, 15) is 12.8 Å². The Morgan fingerprint density at radius 3 is 2.50 bits per heavy atom. The first-order valence-electron chi connectivity index (χ1n) is 5.63. The predicted molar refractivity (Wildman–Crippen MR) is 80.5 cm³/mol. The first-order chi connectivity index (χ1) is 9.29. The van der Waals surface area contributed by atoms with E-state index in [4.69, 9.17) is 5.73 Å². The lowest BCUT2D eigenvalue weighted by Crippen LogP contribution is -2.15. The van der Waals surface area contributed by atoms with Crippen LogP contribution in [0.1, 0.15) is 5.56 Å². The molecule has 0 aliphatic rings. The van der Waals surface area contributed by atoms with Crippen molar-refractivity contribution in [2.75, 3.05) is 10.5 Å². The lowest BCUT2D eigenvalue weighted by molar-refractivity contribution is 0.570. The number of sulfonamides is 1. The Bertz CT molecular complexity index is 763. The van der Waals surface area contributed by atoms with Gasteiger partial charge in [-0.2, -0.15) is 0 Å². The number of hydrogen-bond donors (Lipinski definition) is 2. The van der Waals surface area contributed by atoms with Gasteiger partial charge in [-0.15, -0.1) is 0 Å². The first kappa shape index (κ1) is 14.8. The summed E-state index contributed by atoms with van der Waals surface area (Å²) in [5, 5.41) is 0. The fourth-order valence-corrected chi connectivity index (χ4v) is 3.15. The lowest BCUT2D eigenvalue weighted by atomic mass is 10.2. The molecule has 2 aromatic rings. The Labute approximate surface area is 125 Å². The van der Waals surface area contributed by atoms with Crippen LogP contribution in [0.25, 0.3) is 0 Å². The predicted octanol–water partition coefficient (Wildman–Crippen LogP) is 3.28. The summed E-state index contributed by atoms with van der Waals surface area (Å²) >= 11 is 3.07. The molecule has 7 heteroatoms. The zero-order valence-electron chi connectivity index (χ0n) is 10.5. The van der Waals surface area contributed by atoms with Crippen molar-refractivity contribution in [1.29, 1.82) is 0 Å². The average Bonchev–Trinajstić information content (AvgIpc) is 2.32. The minimum absolute atomic E-state index is 0.220. The summed E-state index contributed by atoms with van der Waals surface area (Å²) in [6, 6.07) is 8.62. The Morgan fingerprint density at radius 1 is 1.20 bits per heavy atom. The third-order valence-corrected chi connectivity index (χ3v) is 4.53. The molecule has 0 atom stereocenters. The summed E-state index contributed by atoms with van der Waals surface area (Å²) in [5.41, 5.74) is 7.15. The van der Waals surface area contributed by atoms with E-state index in [0.717, 1.165) is 11.6 Å². The van der Waals surface area contributed by atoms with Gasteiger partial charge in [-0.1, -0.05) is 22.0 Å². The van der Waals surface area contributed by atoms with Crippen LogP contribution in [0.4, 0.5) is 15.8 Å². The van der Waals surface area contributed by atoms with Crippen molar-refractivity contribution in [3.8, 4) is 0 Å². The van der Waals surface area contributed by atoms with Gasteiger partial charge in [-0.25, -0.2) is 12.8 Å². The minimum Gasteiger partial charge on any atom is -0.397 e. The largest absolute Gasteiger partial charge is 0.397 e. The molecule has 4 nitrogen and oxygen atoms in total. The smallest absolute Gasteiger partial charge is 0.264 e. The van der Waals surface area contributed by atoms with E-state index in [2.05, 4.69) is 20.7 Å². The first-order valence-corrected chi connectivity index (χ1v) is 7.91. The molecular weight excluding hydrogens is 347 g/mol. The van der Waals surface area contributed by atoms with Crippen molar-refractivity contribution in [3.63, 3.8) is 0 Å². The maximum atomic E-state index is 13.7. The van der Waals surface area contributed by atoms with Gasteiger partial charge in [0.2, 0.25) is 0 Å². The van der Waals surface area contributed by atoms with Gasteiger partial charge in [0, 0.05) is 4.47 Å². The van der Waals surface area contributed by atoms with Gasteiger partial charge in [0.05, 0.1) is 11.4 Å². The van der Waals surface area contributed by atoms with Gasteiger partial charge in [-0.3, -0.25) is 4.72 Å². The number of halogens is 2. The van der Waals surface area contributed by atoms with Crippen molar-refractivity contribution >= 4 is 37.3 Å². The van der Waals surface area contributed by atoms with E-state index in [1.807, 2.05) is 6.92 Å². The van der Waals surface area contributed by atoms with Gasteiger partial charge < -0.3 is 5.73 Å². The zero-order chi connectivity index (χ0) is 14.9. The molecule has 0 fully saturated rings. The summed E-state index contributed by atoms with van der Waals surface area (Å²) in [5.74, 6) is -0.836. The molecule has 106 valence electrons. The van der Waals surface area contributed by atoms with Crippen molar-refractivity contribution < 1.29 is 12.8 Å². The van der Waals surface area contributed by atoms with Crippen LogP contribution in [0.3, 0.4) is 0 Å². The second-order valence-corrected chi connectivity index (χ2v) is 6.84.